The monoisotopic (exact) mass is 306 g/mol. The molecule has 0 unspecified atom stereocenters. The molecule has 0 radical (unpaired) electrons. The van der Waals surface area contributed by atoms with Crippen molar-refractivity contribution in [2.45, 2.75) is 0 Å². The molecule has 0 fully saturated rings. The standard InChI is InChI=1S/C14H11BrO3/c1-17-12-4-2-3-5-13(12)18-14(16)10-6-8-11(15)9-7-10/h2-9H,1H3. The Hall–Kier alpha value is -1.81. The predicted octanol–water partition coefficient (Wildman–Crippen LogP) is 3.68. The van der Waals surface area contributed by atoms with Gasteiger partial charge in [0.2, 0.25) is 0 Å². The lowest BCUT2D eigenvalue weighted by Gasteiger charge is -2.08. The third-order valence-electron chi connectivity index (χ3n) is 2.35. The van der Waals surface area contributed by atoms with Crippen LogP contribution in [0.2, 0.25) is 0 Å². The maximum absolute atomic E-state index is 11.9. The summed E-state index contributed by atoms with van der Waals surface area (Å²) in [6.45, 7) is 0. The van der Waals surface area contributed by atoms with Gasteiger partial charge in [-0.25, -0.2) is 4.79 Å². The van der Waals surface area contributed by atoms with Gasteiger partial charge >= 0.3 is 5.97 Å². The third-order valence-corrected chi connectivity index (χ3v) is 2.88. The summed E-state index contributed by atoms with van der Waals surface area (Å²) < 4.78 is 11.3. The Labute approximate surface area is 113 Å². The van der Waals surface area contributed by atoms with E-state index in [4.69, 9.17) is 9.47 Å². The average molecular weight is 307 g/mol. The molecule has 0 aliphatic rings. The van der Waals surface area contributed by atoms with Crippen molar-refractivity contribution >= 4 is 21.9 Å². The molecule has 2 aromatic carbocycles. The molecule has 18 heavy (non-hydrogen) atoms. The molecule has 0 bridgehead atoms. The summed E-state index contributed by atoms with van der Waals surface area (Å²) in [4.78, 5) is 11.9. The van der Waals surface area contributed by atoms with Gasteiger partial charge in [-0.3, -0.25) is 0 Å². The lowest BCUT2D eigenvalue weighted by molar-refractivity contribution is 0.0729. The van der Waals surface area contributed by atoms with Gasteiger partial charge in [-0.15, -0.1) is 0 Å². The highest BCUT2D eigenvalue weighted by Crippen LogP contribution is 2.26. The number of rotatable bonds is 3. The molecule has 2 aromatic rings. The lowest BCUT2D eigenvalue weighted by Crippen LogP contribution is -2.08. The van der Waals surface area contributed by atoms with Crippen LogP contribution >= 0.6 is 15.9 Å². The van der Waals surface area contributed by atoms with E-state index in [-0.39, 0.29) is 0 Å². The maximum atomic E-state index is 11.9. The fourth-order valence-corrected chi connectivity index (χ4v) is 1.71. The molecule has 0 saturated carbocycles. The number of carbonyl (C=O) groups excluding carboxylic acids is 1. The number of halogens is 1. The third kappa shape index (κ3) is 2.90. The highest BCUT2D eigenvalue weighted by atomic mass is 79.9. The van der Waals surface area contributed by atoms with E-state index >= 15 is 0 Å². The Morgan fingerprint density at radius 1 is 1.00 bits per heavy atom. The largest absolute Gasteiger partial charge is 0.493 e. The topological polar surface area (TPSA) is 35.5 Å². The quantitative estimate of drug-likeness (QED) is 0.641. The zero-order valence-corrected chi connectivity index (χ0v) is 11.3. The molecule has 2 rings (SSSR count). The molecule has 0 saturated heterocycles. The summed E-state index contributed by atoms with van der Waals surface area (Å²) in [6.07, 6.45) is 0. The van der Waals surface area contributed by atoms with Gasteiger partial charge in [-0.05, 0) is 36.4 Å². The molecule has 0 aromatic heterocycles. The Balaban J connectivity index is 2.18. The number of benzene rings is 2. The first kappa shape index (κ1) is 12.6. The van der Waals surface area contributed by atoms with E-state index in [0.717, 1.165) is 4.47 Å². The zero-order valence-electron chi connectivity index (χ0n) is 9.72. The van der Waals surface area contributed by atoms with E-state index in [2.05, 4.69) is 15.9 Å². The lowest BCUT2D eigenvalue weighted by atomic mass is 10.2. The van der Waals surface area contributed by atoms with Crippen molar-refractivity contribution in [1.82, 2.24) is 0 Å². The number of methoxy groups -OCH3 is 1. The fraction of sp³-hybridized carbons (Fsp3) is 0.0714. The van der Waals surface area contributed by atoms with Gasteiger partial charge in [-0.1, -0.05) is 28.1 Å². The Kier molecular flexibility index (Phi) is 3.99. The summed E-state index contributed by atoms with van der Waals surface area (Å²) in [6, 6.07) is 14.0. The van der Waals surface area contributed by atoms with Gasteiger partial charge in [-0.2, -0.15) is 0 Å². The van der Waals surface area contributed by atoms with Gasteiger partial charge in [0.1, 0.15) is 0 Å². The first-order valence-electron chi connectivity index (χ1n) is 5.31. The molecular weight excluding hydrogens is 296 g/mol. The molecule has 4 heteroatoms. The van der Waals surface area contributed by atoms with E-state index in [1.807, 2.05) is 6.07 Å². The SMILES string of the molecule is COc1ccccc1OC(=O)c1ccc(Br)cc1. The van der Waals surface area contributed by atoms with Gasteiger partial charge in [0, 0.05) is 4.47 Å². The van der Waals surface area contributed by atoms with Crippen LogP contribution < -0.4 is 9.47 Å². The highest BCUT2D eigenvalue weighted by molar-refractivity contribution is 9.10. The van der Waals surface area contributed by atoms with Crippen molar-refractivity contribution < 1.29 is 14.3 Å². The minimum absolute atomic E-state index is 0.410. The van der Waals surface area contributed by atoms with Gasteiger partial charge < -0.3 is 9.47 Å². The van der Waals surface area contributed by atoms with Crippen molar-refractivity contribution in [3.8, 4) is 11.5 Å². The van der Waals surface area contributed by atoms with Crippen molar-refractivity contribution in [1.29, 1.82) is 0 Å². The number of carbonyl (C=O) groups is 1. The summed E-state index contributed by atoms with van der Waals surface area (Å²) in [5.41, 5.74) is 0.490. The molecule has 0 aliphatic carbocycles. The minimum atomic E-state index is -0.410. The summed E-state index contributed by atoms with van der Waals surface area (Å²) in [5.74, 6) is 0.530. The van der Waals surface area contributed by atoms with E-state index in [0.29, 0.717) is 17.1 Å². The summed E-state index contributed by atoms with van der Waals surface area (Å²) in [5, 5.41) is 0. The number of ether oxygens (including phenoxy) is 2. The van der Waals surface area contributed by atoms with E-state index < -0.39 is 5.97 Å². The van der Waals surface area contributed by atoms with Crippen molar-refractivity contribution in [2.75, 3.05) is 7.11 Å². The van der Waals surface area contributed by atoms with E-state index in [9.17, 15) is 4.79 Å². The average Bonchev–Trinajstić information content (AvgIpc) is 2.40. The molecule has 0 aliphatic heterocycles. The predicted molar refractivity (Wildman–Crippen MR) is 72.1 cm³/mol. The van der Waals surface area contributed by atoms with Gasteiger partial charge in [0.05, 0.1) is 12.7 Å². The second-order valence-electron chi connectivity index (χ2n) is 3.55. The molecule has 0 atom stereocenters. The van der Waals surface area contributed by atoms with Crippen LogP contribution in [0.5, 0.6) is 11.5 Å². The first-order chi connectivity index (χ1) is 8.70. The van der Waals surface area contributed by atoms with Crippen molar-refractivity contribution in [3.63, 3.8) is 0 Å². The maximum Gasteiger partial charge on any atom is 0.343 e. The van der Waals surface area contributed by atoms with E-state index in [1.165, 1.54) is 7.11 Å². The normalized spacial score (nSPS) is 9.89. The fourth-order valence-electron chi connectivity index (χ4n) is 1.45. The molecule has 92 valence electrons. The number of hydrogen-bond donors (Lipinski definition) is 0. The first-order valence-corrected chi connectivity index (χ1v) is 6.11. The summed E-state index contributed by atoms with van der Waals surface area (Å²) in [7, 11) is 1.53. The van der Waals surface area contributed by atoms with Crippen LogP contribution in [0, 0.1) is 0 Å². The van der Waals surface area contributed by atoms with Crippen LogP contribution in [0.4, 0.5) is 0 Å². The van der Waals surface area contributed by atoms with Crippen molar-refractivity contribution in [2.24, 2.45) is 0 Å². The molecular formula is C14H11BrO3. The number of para-hydroxylation sites is 2. The van der Waals surface area contributed by atoms with Crippen LogP contribution in [0.25, 0.3) is 0 Å². The Morgan fingerprint density at radius 2 is 1.61 bits per heavy atom. The summed E-state index contributed by atoms with van der Waals surface area (Å²) >= 11 is 3.31. The zero-order chi connectivity index (χ0) is 13.0. The number of esters is 1. The smallest absolute Gasteiger partial charge is 0.343 e. The van der Waals surface area contributed by atoms with Crippen LogP contribution in [0.1, 0.15) is 10.4 Å². The van der Waals surface area contributed by atoms with E-state index in [1.54, 1.807) is 42.5 Å². The highest BCUT2D eigenvalue weighted by Gasteiger charge is 2.11. The number of hydrogen-bond acceptors (Lipinski definition) is 3. The van der Waals surface area contributed by atoms with Crippen LogP contribution in [0.15, 0.2) is 53.0 Å². The molecule has 0 N–H and O–H groups in total. The van der Waals surface area contributed by atoms with Gasteiger partial charge in [0.15, 0.2) is 11.5 Å². The Morgan fingerprint density at radius 3 is 2.22 bits per heavy atom. The molecule has 0 spiro atoms. The van der Waals surface area contributed by atoms with Crippen LogP contribution in [0.3, 0.4) is 0 Å². The van der Waals surface area contributed by atoms with Gasteiger partial charge in [0.25, 0.3) is 0 Å². The second kappa shape index (κ2) is 5.69. The molecule has 0 heterocycles. The Bertz CT molecular complexity index is 549. The minimum Gasteiger partial charge on any atom is -0.493 e. The van der Waals surface area contributed by atoms with Crippen LogP contribution in [-0.4, -0.2) is 13.1 Å². The second-order valence-corrected chi connectivity index (χ2v) is 4.46. The van der Waals surface area contributed by atoms with Crippen molar-refractivity contribution in [3.05, 3.63) is 58.6 Å². The molecule has 3 nitrogen and oxygen atoms in total. The molecule has 0 amide bonds. The van der Waals surface area contributed by atoms with Crippen LogP contribution in [-0.2, 0) is 0 Å².